The molecule has 144 valence electrons. The Bertz CT molecular complexity index is 726. The molecule has 3 rings (SSSR count). The van der Waals surface area contributed by atoms with Gasteiger partial charge in [0.15, 0.2) is 0 Å². The first-order chi connectivity index (χ1) is 13.0. The Morgan fingerprint density at radius 1 is 1.00 bits per heavy atom. The molecule has 0 spiro atoms. The molecule has 0 bridgehead atoms. The van der Waals surface area contributed by atoms with Crippen molar-refractivity contribution in [2.45, 2.75) is 25.4 Å². The van der Waals surface area contributed by atoms with Crippen LogP contribution in [0.5, 0.6) is 0 Å². The fourth-order valence-electron chi connectivity index (χ4n) is 3.67. The van der Waals surface area contributed by atoms with Gasteiger partial charge in [-0.1, -0.05) is 54.1 Å². The summed E-state index contributed by atoms with van der Waals surface area (Å²) in [5.74, 6) is 0.196. The van der Waals surface area contributed by atoms with Gasteiger partial charge in [0.05, 0.1) is 6.10 Å². The van der Waals surface area contributed by atoms with E-state index >= 15 is 0 Å². The van der Waals surface area contributed by atoms with Crippen molar-refractivity contribution in [3.05, 3.63) is 70.7 Å². The van der Waals surface area contributed by atoms with Gasteiger partial charge in [-0.2, -0.15) is 0 Å². The molecular weight excluding hydrogens is 360 g/mol. The van der Waals surface area contributed by atoms with Crippen molar-refractivity contribution in [2.75, 3.05) is 32.7 Å². The van der Waals surface area contributed by atoms with E-state index < -0.39 is 0 Å². The van der Waals surface area contributed by atoms with Crippen molar-refractivity contribution in [1.82, 2.24) is 9.80 Å². The van der Waals surface area contributed by atoms with E-state index in [1.165, 1.54) is 0 Å². The van der Waals surface area contributed by atoms with E-state index in [1.54, 1.807) is 6.92 Å². The summed E-state index contributed by atoms with van der Waals surface area (Å²) in [6.07, 6.45) is 0.113. The van der Waals surface area contributed by atoms with Crippen LogP contribution in [0.25, 0.3) is 0 Å². The van der Waals surface area contributed by atoms with Gasteiger partial charge in [-0.15, -0.1) is 0 Å². The summed E-state index contributed by atoms with van der Waals surface area (Å²) in [6.45, 7) is 5.52. The minimum absolute atomic E-state index is 0.0199. The smallest absolute Gasteiger partial charge is 0.223 e. The van der Waals surface area contributed by atoms with Gasteiger partial charge in [-0.3, -0.25) is 9.69 Å². The molecule has 0 saturated carbocycles. The lowest BCUT2D eigenvalue weighted by Crippen LogP contribution is -2.50. The van der Waals surface area contributed by atoms with E-state index in [0.717, 1.165) is 24.2 Å². The number of aliphatic hydroxyl groups excluding tert-OH is 1. The molecular formula is C22H27ClN2O2. The molecule has 0 aliphatic carbocycles. The molecule has 1 aliphatic rings. The molecule has 1 fully saturated rings. The van der Waals surface area contributed by atoms with Gasteiger partial charge < -0.3 is 10.0 Å². The monoisotopic (exact) mass is 386 g/mol. The van der Waals surface area contributed by atoms with Crippen molar-refractivity contribution >= 4 is 17.5 Å². The number of halogens is 1. The number of hydrogen-bond acceptors (Lipinski definition) is 3. The maximum Gasteiger partial charge on any atom is 0.223 e. The maximum atomic E-state index is 13.0. The zero-order valence-electron chi connectivity index (χ0n) is 15.7. The van der Waals surface area contributed by atoms with Gasteiger partial charge in [0.1, 0.15) is 0 Å². The van der Waals surface area contributed by atoms with E-state index in [0.29, 0.717) is 31.1 Å². The van der Waals surface area contributed by atoms with Crippen molar-refractivity contribution in [3.8, 4) is 0 Å². The van der Waals surface area contributed by atoms with Crippen LogP contribution in [0.15, 0.2) is 54.6 Å². The van der Waals surface area contributed by atoms with Crippen LogP contribution in [-0.2, 0) is 4.79 Å². The van der Waals surface area contributed by atoms with Gasteiger partial charge >= 0.3 is 0 Å². The SMILES string of the molecule is CC(O)CN1CCN(C(=O)CC(c2ccccc2)c2ccc(Cl)cc2)CC1. The van der Waals surface area contributed by atoms with Crippen LogP contribution in [0.4, 0.5) is 0 Å². The van der Waals surface area contributed by atoms with Crippen LogP contribution in [0.2, 0.25) is 5.02 Å². The van der Waals surface area contributed by atoms with Crippen molar-refractivity contribution < 1.29 is 9.90 Å². The highest BCUT2D eigenvalue weighted by Crippen LogP contribution is 2.29. The van der Waals surface area contributed by atoms with Crippen LogP contribution in [-0.4, -0.2) is 59.6 Å². The quantitative estimate of drug-likeness (QED) is 0.827. The second-order valence-corrected chi connectivity index (χ2v) is 7.69. The summed E-state index contributed by atoms with van der Waals surface area (Å²) in [7, 11) is 0. The fourth-order valence-corrected chi connectivity index (χ4v) is 3.79. The number of hydrogen-bond donors (Lipinski definition) is 1. The van der Waals surface area contributed by atoms with Gasteiger partial charge in [-0.25, -0.2) is 0 Å². The molecule has 2 unspecified atom stereocenters. The molecule has 1 aliphatic heterocycles. The Kier molecular flexibility index (Phi) is 6.89. The molecule has 4 nitrogen and oxygen atoms in total. The molecule has 2 aromatic rings. The van der Waals surface area contributed by atoms with E-state index in [-0.39, 0.29) is 17.9 Å². The molecule has 27 heavy (non-hydrogen) atoms. The second-order valence-electron chi connectivity index (χ2n) is 7.25. The molecule has 0 aromatic heterocycles. The summed E-state index contributed by atoms with van der Waals surface area (Å²) in [5.41, 5.74) is 2.24. The highest BCUT2D eigenvalue weighted by molar-refractivity contribution is 6.30. The average Bonchev–Trinajstić information content (AvgIpc) is 2.67. The first-order valence-corrected chi connectivity index (χ1v) is 9.89. The number of benzene rings is 2. The summed E-state index contributed by atoms with van der Waals surface area (Å²) in [5, 5.41) is 10.2. The van der Waals surface area contributed by atoms with Gasteiger partial charge in [0, 0.05) is 50.1 Å². The van der Waals surface area contributed by atoms with E-state index in [2.05, 4.69) is 17.0 Å². The van der Waals surface area contributed by atoms with Crippen LogP contribution >= 0.6 is 11.6 Å². The average molecular weight is 387 g/mol. The van der Waals surface area contributed by atoms with Crippen LogP contribution in [0.1, 0.15) is 30.4 Å². The van der Waals surface area contributed by atoms with E-state index in [4.69, 9.17) is 11.6 Å². The first-order valence-electron chi connectivity index (χ1n) is 9.51. The summed E-state index contributed by atoms with van der Waals surface area (Å²) in [6, 6.07) is 17.9. The summed E-state index contributed by atoms with van der Waals surface area (Å²) >= 11 is 6.04. The Hall–Kier alpha value is -1.88. The Morgan fingerprint density at radius 2 is 1.59 bits per heavy atom. The lowest BCUT2D eigenvalue weighted by Gasteiger charge is -2.36. The molecule has 2 aromatic carbocycles. The normalized spacial score (nSPS) is 17.5. The third kappa shape index (κ3) is 5.55. The largest absolute Gasteiger partial charge is 0.392 e. The summed E-state index contributed by atoms with van der Waals surface area (Å²) < 4.78 is 0. The predicted molar refractivity (Wildman–Crippen MR) is 109 cm³/mol. The van der Waals surface area contributed by atoms with Crippen molar-refractivity contribution in [3.63, 3.8) is 0 Å². The zero-order chi connectivity index (χ0) is 19.2. The maximum absolute atomic E-state index is 13.0. The molecule has 1 saturated heterocycles. The third-order valence-corrected chi connectivity index (χ3v) is 5.35. The van der Waals surface area contributed by atoms with E-state index in [1.807, 2.05) is 47.4 Å². The molecule has 0 radical (unpaired) electrons. The zero-order valence-corrected chi connectivity index (χ0v) is 16.5. The lowest BCUT2D eigenvalue weighted by atomic mass is 9.88. The number of amides is 1. The number of carbonyl (C=O) groups excluding carboxylic acids is 1. The van der Waals surface area contributed by atoms with Crippen molar-refractivity contribution in [1.29, 1.82) is 0 Å². The topological polar surface area (TPSA) is 43.8 Å². The van der Waals surface area contributed by atoms with Crippen LogP contribution in [0.3, 0.4) is 0 Å². The van der Waals surface area contributed by atoms with Gasteiger partial charge in [0.2, 0.25) is 5.91 Å². The van der Waals surface area contributed by atoms with Gasteiger partial charge in [0.25, 0.3) is 0 Å². The fraction of sp³-hybridized carbons (Fsp3) is 0.409. The molecule has 1 amide bonds. The molecule has 1 N–H and O–H groups in total. The summed E-state index contributed by atoms with van der Waals surface area (Å²) in [4.78, 5) is 17.1. The molecule has 5 heteroatoms. The second kappa shape index (κ2) is 9.36. The standard InChI is InChI=1S/C22H27ClN2O2/c1-17(26)16-24-11-13-25(14-12-24)22(27)15-21(18-5-3-2-4-6-18)19-7-9-20(23)10-8-19/h2-10,17,21,26H,11-16H2,1H3. The van der Waals surface area contributed by atoms with Crippen LogP contribution in [0, 0.1) is 0 Å². The number of piperazine rings is 1. The number of aliphatic hydroxyl groups is 1. The van der Waals surface area contributed by atoms with Gasteiger partial charge in [-0.05, 0) is 30.2 Å². The first kappa shape index (κ1) is 19.9. The highest BCUT2D eigenvalue weighted by atomic mass is 35.5. The number of nitrogens with zero attached hydrogens (tertiary/aromatic N) is 2. The minimum Gasteiger partial charge on any atom is -0.392 e. The number of carbonyl (C=O) groups is 1. The third-order valence-electron chi connectivity index (χ3n) is 5.10. The van der Waals surface area contributed by atoms with Crippen LogP contribution < -0.4 is 0 Å². The number of β-amino-alcohol motifs (C(OH)–C–C–N with tert-alkyl or cyclic N) is 1. The van der Waals surface area contributed by atoms with Crippen molar-refractivity contribution in [2.24, 2.45) is 0 Å². The Labute approximate surface area is 166 Å². The van der Waals surface area contributed by atoms with E-state index in [9.17, 15) is 9.90 Å². The predicted octanol–water partition coefficient (Wildman–Crippen LogP) is 3.39. The molecule has 1 heterocycles. The Morgan fingerprint density at radius 3 is 2.19 bits per heavy atom. The highest BCUT2D eigenvalue weighted by Gasteiger charge is 2.25. The minimum atomic E-state index is -0.334. The number of rotatable bonds is 6. The lowest BCUT2D eigenvalue weighted by molar-refractivity contribution is -0.133. The Balaban J connectivity index is 1.69. The molecule has 2 atom stereocenters.